The van der Waals surface area contributed by atoms with E-state index in [1.807, 2.05) is 40.7 Å². The summed E-state index contributed by atoms with van der Waals surface area (Å²) in [5.41, 5.74) is 7.07. The van der Waals surface area contributed by atoms with Crippen LogP contribution in [0, 0.1) is 0 Å². The van der Waals surface area contributed by atoms with Gasteiger partial charge in [-0.1, -0.05) is 6.92 Å². The molecule has 11 heteroatoms. The zero-order chi connectivity index (χ0) is 29.0. The van der Waals surface area contributed by atoms with Crippen molar-refractivity contribution in [2.45, 2.75) is 70.7 Å². The topological polar surface area (TPSA) is 142 Å². The Morgan fingerprint density at radius 2 is 1.98 bits per heavy atom. The molecule has 212 valence electrons. The number of carbonyl (C=O) groups excluding carboxylic acids is 2. The molecule has 3 aromatic rings. The van der Waals surface area contributed by atoms with Gasteiger partial charge in [0.25, 0.3) is 0 Å². The number of nitrogens with one attached hydrogen (secondary N) is 1. The van der Waals surface area contributed by atoms with Crippen molar-refractivity contribution in [3.05, 3.63) is 47.4 Å². The van der Waals surface area contributed by atoms with Crippen LogP contribution in [0.25, 0.3) is 10.8 Å². The maximum atomic E-state index is 12.5. The molecule has 3 aromatic heterocycles. The van der Waals surface area contributed by atoms with Crippen LogP contribution in [0.2, 0.25) is 0 Å². The summed E-state index contributed by atoms with van der Waals surface area (Å²) in [4.78, 5) is 40.0. The number of nitrogens with two attached hydrogens (primary N) is 1. The van der Waals surface area contributed by atoms with Crippen molar-refractivity contribution in [2.24, 2.45) is 5.73 Å². The number of hydrogen-bond acceptors (Lipinski definition) is 10. The summed E-state index contributed by atoms with van der Waals surface area (Å²) in [5.74, 6) is 1.06. The molecule has 5 rings (SSSR count). The first-order chi connectivity index (χ1) is 18.8. The van der Waals surface area contributed by atoms with E-state index in [4.69, 9.17) is 24.9 Å². The first kappa shape index (κ1) is 27.7. The summed E-state index contributed by atoms with van der Waals surface area (Å²) in [6, 6.07) is 5.28. The van der Waals surface area contributed by atoms with Crippen molar-refractivity contribution in [1.29, 1.82) is 0 Å². The average Bonchev–Trinajstić information content (AvgIpc) is 2.88. The zero-order valence-electron chi connectivity index (χ0n) is 23.9. The second-order valence-electron chi connectivity index (χ2n) is 11.5. The molecular weight excluding hydrogens is 512 g/mol. The molecule has 0 aromatic carbocycles. The van der Waals surface area contributed by atoms with Crippen molar-refractivity contribution in [3.63, 3.8) is 0 Å². The number of methoxy groups -OCH3 is 1. The predicted octanol–water partition coefficient (Wildman–Crippen LogP) is 3.64. The highest BCUT2D eigenvalue weighted by Crippen LogP contribution is 2.39. The number of hydrogen-bond donors (Lipinski definition) is 2. The van der Waals surface area contributed by atoms with Crippen LogP contribution in [0.1, 0.15) is 69.1 Å². The number of likely N-dealkylation sites (tertiary alicyclic amines) is 1. The first-order valence-corrected chi connectivity index (χ1v) is 13.3. The molecule has 0 unspecified atom stereocenters. The summed E-state index contributed by atoms with van der Waals surface area (Å²) in [6.45, 7) is 11.9. The quantitative estimate of drug-likeness (QED) is 0.420. The van der Waals surface area contributed by atoms with Gasteiger partial charge in [0, 0.05) is 37.9 Å². The van der Waals surface area contributed by atoms with Gasteiger partial charge in [-0.05, 0) is 51.3 Å². The van der Waals surface area contributed by atoms with Gasteiger partial charge in [-0.3, -0.25) is 4.79 Å². The lowest BCUT2D eigenvalue weighted by Crippen LogP contribution is -2.62. The number of aromatic nitrogens is 3. The second kappa shape index (κ2) is 9.97. The number of amides is 1. The minimum absolute atomic E-state index is 0.0157. The largest absolute Gasteiger partial charge is 0.470 e. The number of esters is 1. The van der Waals surface area contributed by atoms with E-state index in [0.717, 1.165) is 10.9 Å². The fourth-order valence-corrected chi connectivity index (χ4v) is 5.27. The van der Waals surface area contributed by atoms with Gasteiger partial charge in [0.15, 0.2) is 0 Å². The molecule has 0 aliphatic carbocycles. The molecule has 5 heterocycles. The number of pyridine rings is 3. The second-order valence-corrected chi connectivity index (χ2v) is 11.5. The lowest BCUT2D eigenvalue weighted by molar-refractivity contribution is -0.144. The van der Waals surface area contributed by atoms with Gasteiger partial charge in [-0.25, -0.2) is 19.7 Å². The third-order valence-electron chi connectivity index (χ3n) is 8.08. The molecule has 40 heavy (non-hydrogen) atoms. The minimum atomic E-state index is -0.836. The fourth-order valence-electron chi connectivity index (χ4n) is 5.27. The first-order valence-electron chi connectivity index (χ1n) is 13.3. The lowest BCUT2D eigenvalue weighted by Gasteiger charge is -2.45. The minimum Gasteiger partial charge on any atom is -0.470 e. The van der Waals surface area contributed by atoms with E-state index in [1.54, 1.807) is 43.5 Å². The number of anilines is 2. The maximum Gasteiger partial charge on any atom is 0.340 e. The molecule has 0 spiro atoms. The molecule has 0 radical (unpaired) electrons. The zero-order valence-corrected chi connectivity index (χ0v) is 23.9. The molecule has 3 N–H and O–H groups in total. The van der Waals surface area contributed by atoms with Crippen molar-refractivity contribution >= 4 is 34.3 Å². The van der Waals surface area contributed by atoms with Gasteiger partial charge in [0.05, 0.1) is 41.4 Å². The van der Waals surface area contributed by atoms with E-state index in [1.165, 1.54) is 0 Å². The van der Waals surface area contributed by atoms with Crippen LogP contribution in [0.5, 0.6) is 5.88 Å². The third-order valence-corrected chi connectivity index (χ3v) is 8.08. The summed E-state index contributed by atoms with van der Waals surface area (Å²) < 4.78 is 17.2. The SMILES string of the molecule is COC[C@@](C)(N)c1cnc(O[C@@H]2CN(C(C)=O)[C@H]2C)c2cnc(Nc3ccc4c(n3)[C@@H](C)C(C)(C)OC4=O)cc12. The third kappa shape index (κ3) is 4.84. The Balaban J connectivity index is 1.51. The van der Waals surface area contributed by atoms with Crippen molar-refractivity contribution < 1.29 is 23.8 Å². The van der Waals surface area contributed by atoms with E-state index >= 15 is 0 Å². The van der Waals surface area contributed by atoms with E-state index in [0.29, 0.717) is 40.7 Å². The number of carbonyl (C=O) groups is 2. The molecule has 4 atom stereocenters. The van der Waals surface area contributed by atoms with Crippen LogP contribution in [0.4, 0.5) is 11.6 Å². The Bertz CT molecular complexity index is 1490. The van der Waals surface area contributed by atoms with Gasteiger partial charge in [0.2, 0.25) is 11.8 Å². The van der Waals surface area contributed by atoms with E-state index < -0.39 is 11.1 Å². The smallest absolute Gasteiger partial charge is 0.340 e. The number of nitrogens with zero attached hydrogens (tertiary/aromatic N) is 4. The molecule has 1 fully saturated rings. The molecule has 0 bridgehead atoms. The van der Waals surface area contributed by atoms with Gasteiger partial charge >= 0.3 is 5.97 Å². The Morgan fingerprint density at radius 3 is 2.65 bits per heavy atom. The van der Waals surface area contributed by atoms with Gasteiger partial charge < -0.3 is 30.2 Å². The Hall–Kier alpha value is -3.83. The Kier molecular flexibility index (Phi) is 6.91. The van der Waals surface area contributed by atoms with Crippen molar-refractivity contribution in [2.75, 3.05) is 25.6 Å². The molecule has 1 saturated heterocycles. The van der Waals surface area contributed by atoms with Crippen LogP contribution in [-0.4, -0.2) is 69.7 Å². The van der Waals surface area contributed by atoms with E-state index in [9.17, 15) is 9.59 Å². The summed E-state index contributed by atoms with van der Waals surface area (Å²) >= 11 is 0. The molecular formula is C29H36N6O5. The molecule has 2 aliphatic heterocycles. The van der Waals surface area contributed by atoms with Crippen LogP contribution >= 0.6 is 0 Å². The Labute approximate surface area is 233 Å². The van der Waals surface area contributed by atoms with Crippen LogP contribution in [0.3, 0.4) is 0 Å². The molecule has 1 amide bonds. The number of cyclic esters (lactones) is 1. The fraction of sp³-hybridized carbons (Fsp3) is 0.483. The Morgan fingerprint density at radius 1 is 1.23 bits per heavy atom. The standard InChI is InChI=1S/C29H36N6O5/c1-15-25-18(27(37)40-28(15,4)5)8-9-23(34-25)33-24-10-19-20(11-31-24)26(32-12-21(19)29(6,30)14-38-7)39-22-13-35(16(22)2)17(3)36/h8-12,15-16,22H,13-14,30H2,1-7H3,(H,31,33,34)/t15-,16+,22-,29-/m1/s1. The highest BCUT2D eigenvalue weighted by atomic mass is 16.6. The average molecular weight is 549 g/mol. The lowest BCUT2D eigenvalue weighted by atomic mass is 9.84. The predicted molar refractivity (Wildman–Crippen MR) is 150 cm³/mol. The van der Waals surface area contributed by atoms with E-state index in [-0.39, 0.29) is 36.5 Å². The van der Waals surface area contributed by atoms with Crippen molar-refractivity contribution in [1.82, 2.24) is 19.9 Å². The summed E-state index contributed by atoms with van der Waals surface area (Å²) in [6.07, 6.45) is 3.23. The summed E-state index contributed by atoms with van der Waals surface area (Å²) in [5, 5.41) is 4.77. The maximum absolute atomic E-state index is 12.5. The molecule has 11 nitrogen and oxygen atoms in total. The number of fused-ring (bicyclic) bond motifs is 2. The monoisotopic (exact) mass is 548 g/mol. The number of ether oxygens (including phenoxy) is 3. The van der Waals surface area contributed by atoms with Crippen LogP contribution in [0.15, 0.2) is 30.6 Å². The van der Waals surface area contributed by atoms with Gasteiger partial charge in [-0.2, -0.15) is 0 Å². The highest BCUT2D eigenvalue weighted by Gasteiger charge is 2.41. The molecule has 2 aliphatic rings. The van der Waals surface area contributed by atoms with E-state index in [2.05, 4.69) is 15.3 Å². The summed E-state index contributed by atoms with van der Waals surface area (Å²) in [7, 11) is 1.60. The normalized spacial score (nSPS) is 23.1. The van der Waals surface area contributed by atoms with Crippen molar-refractivity contribution in [3.8, 4) is 5.88 Å². The molecule has 0 saturated carbocycles. The van der Waals surface area contributed by atoms with Crippen LogP contribution in [-0.2, 0) is 19.8 Å². The highest BCUT2D eigenvalue weighted by molar-refractivity contribution is 5.93. The van der Waals surface area contributed by atoms with Crippen LogP contribution < -0.4 is 15.8 Å². The van der Waals surface area contributed by atoms with Gasteiger partial charge in [0.1, 0.15) is 23.3 Å². The number of rotatable bonds is 7. The van der Waals surface area contributed by atoms with Gasteiger partial charge in [-0.15, -0.1) is 0 Å².